The summed E-state index contributed by atoms with van der Waals surface area (Å²) in [5.74, 6) is 0. The second-order valence-electron chi connectivity index (χ2n) is 3.89. The number of alkyl halides is 3. The number of nitrogens with one attached hydrogen (secondary N) is 1. The highest BCUT2D eigenvalue weighted by molar-refractivity contribution is 4.66. The third-order valence-electron chi connectivity index (χ3n) is 2.48. The second kappa shape index (κ2) is 6.33. The van der Waals surface area contributed by atoms with Crippen LogP contribution in [0.2, 0.25) is 0 Å². The lowest BCUT2D eigenvalue weighted by Crippen LogP contribution is -2.18. The minimum atomic E-state index is -4.05. The normalized spacial score (nSPS) is 23.8. The van der Waals surface area contributed by atoms with Crippen molar-refractivity contribution in [3.8, 4) is 0 Å². The van der Waals surface area contributed by atoms with Crippen LogP contribution in [0.4, 0.5) is 13.2 Å². The molecule has 1 rings (SSSR count). The number of ether oxygens (including phenoxy) is 1. The Morgan fingerprint density at radius 1 is 1.20 bits per heavy atom. The fourth-order valence-electron chi connectivity index (χ4n) is 1.68. The van der Waals surface area contributed by atoms with Gasteiger partial charge in [-0.2, -0.15) is 13.2 Å². The molecule has 0 aliphatic carbocycles. The average molecular weight is 225 g/mol. The molecule has 0 aromatic heterocycles. The van der Waals surface area contributed by atoms with Crippen LogP contribution in [-0.2, 0) is 4.74 Å². The zero-order valence-electron chi connectivity index (χ0n) is 8.78. The van der Waals surface area contributed by atoms with E-state index in [9.17, 15) is 13.2 Å². The maximum atomic E-state index is 11.8. The summed E-state index contributed by atoms with van der Waals surface area (Å²) in [6.45, 7) is 2.12. The van der Waals surface area contributed by atoms with E-state index < -0.39 is 12.6 Å². The van der Waals surface area contributed by atoms with Gasteiger partial charge in [0, 0.05) is 13.0 Å². The lowest BCUT2D eigenvalue weighted by Gasteiger charge is -2.15. The van der Waals surface area contributed by atoms with Gasteiger partial charge in [0.1, 0.15) is 0 Å². The van der Waals surface area contributed by atoms with Crippen molar-refractivity contribution < 1.29 is 17.9 Å². The molecule has 1 saturated heterocycles. The van der Waals surface area contributed by atoms with E-state index in [1.165, 1.54) is 0 Å². The predicted octanol–water partition coefficient (Wildman–Crippen LogP) is 2.49. The van der Waals surface area contributed by atoms with Gasteiger partial charge in [-0.1, -0.05) is 0 Å². The highest BCUT2D eigenvalue weighted by atomic mass is 19.4. The topological polar surface area (TPSA) is 21.3 Å². The van der Waals surface area contributed by atoms with E-state index >= 15 is 0 Å². The molecule has 90 valence electrons. The first-order valence-corrected chi connectivity index (χ1v) is 5.47. The van der Waals surface area contributed by atoms with Crippen LogP contribution in [0.3, 0.4) is 0 Å². The monoisotopic (exact) mass is 225 g/mol. The number of hydrogen-bond donors (Lipinski definition) is 1. The average Bonchev–Trinajstić information content (AvgIpc) is 2.39. The maximum Gasteiger partial charge on any atom is 0.389 e. The zero-order chi connectivity index (χ0) is 11.1. The van der Waals surface area contributed by atoms with Gasteiger partial charge in [-0.15, -0.1) is 0 Å². The molecule has 1 N–H and O–H groups in total. The van der Waals surface area contributed by atoms with Gasteiger partial charge < -0.3 is 10.1 Å². The second-order valence-corrected chi connectivity index (χ2v) is 3.89. The third kappa shape index (κ3) is 6.73. The van der Waals surface area contributed by atoms with Crippen LogP contribution in [0, 0.1) is 0 Å². The molecular weight excluding hydrogens is 207 g/mol. The summed E-state index contributed by atoms with van der Waals surface area (Å²) in [5.41, 5.74) is 0. The van der Waals surface area contributed by atoms with Crippen molar-refractivity contribution in [2.24, 2.45) is 0 Å². The third-order valence-corrected chi connectivity index (χ3v) is 2.48. The fraction of sp³-hybridized carbons (Fsp3) is 1.00. The van der Waals surface area contributed by atoms with Crippen LogP contribution in [-0.4, -0.2) is 32.0 Å². The summed E-state index contributed by atoms with van der Waals surface area (Å²) in [4.78, 5) is 0. The van der Waals surface area contributed by atoms with E-state index in [2.05, 4.69) is 5.32 Å². The highest BCUT2D eigenvalue weighted by Gasteiger charge is 2.26. The summed E-state index contributed by atoms with van der Waals surface area (Å²) >= 11 is 0. The largest absolute Gasteiger partial charge is 0.389 e. The maximum absolute atomic E-state index is 11.8. The summed E-state index contributed by atoms with van der Waals surface area (Å²) in [6.07, 6.45) is -1.65. The summed E-state index contributed by atoms with van der Waals surface area (Å²) in [5, 5.41) is 3.23. The molecule has 0 radical (unpaired) electrons. The van der Waals surface area contributed by atoms with Crippen LogP contribution >= 0.6 is 0 Å². The molecule has 0 amide bonds. The van der Waals surface area contributed by atoms with Crippen molar-refractivity contribution >= 4 is 0 Å². The van der Waals surface area contributed by atoms with Crippen LogP contribution in [0.5, 0.6) is 0 Å². The Morgan fingerprint density at radius 2 is 2.00 bits per heavy atom. The van der Waals surface area contributed by atoms with Gasteiger partial charge in [0.2, 0.25) is 0 Å². The Balaban J connectivity index is 2.03. The van der Waals surface area contributed by atoms with Gasteiger partial charge >= 0.3 is 6.18 Å². The van der Waals surface area contributed by atoms with E-state index in [4.69, 9.17) is 4.74 Å². The van der Waals surface area contributed by atoms with Gasteiger partial charge in [0.15, 0.2) is 0 Å². The van der Waals surface area contributed by atoms with Crippen LogP contribution in [0.25, 0.3) is 0 Å². The van der Waals surface area contributed by atoms with E-state index in [0.717, 1.165) is 32.4 Å². The molecule has 1 fully saturated rings. The quantitative estimate of drug-likeness (QED) is 0.742. The fourth-order valence-corrected chi connectivity index (χ4v) is 1.68. The summed E-state index contributed by atoms with van der Waals surface area (Å²) in [7, 11) is 0. The van der Waals surface area contributed by atoms with E-state index in [-0.39, 0.29) is 19.1 Å². The smallest absolute Gasteiger partial charge is 0.378 e. The number of halogens is 3. The molecule has 1 aliphatic heterocycles. The SMILES string of the molecule is FC(F)(F)CCCOC1CCCNCC1. The van der Waals surface area contributed by atoms with Gasteiger partial charge in [-0.25, -0.2) is 0 Å². The van der Waals surface area contributed by atoms with Crippen LogP contribution in [0.15, 0.2) is 0 Å². The van der Waals surface area contributed by atoms with Crippen molar-refractivity contribution in [1.82, 2.24) is 5.32 Å². The molecule has 1 aliphatic rings. The Kier molecular flexibility index (Phi) is 5.39. The van der Waals surface area contributed by atoms with Crippen molar-refractivity contribution in [3.63, 3.8) is 0 Å². The van der Waals surface area contributed by atoms with Crippen molar-refractivity contribution in [1.29, 1.82) is 0 Å². The van der Waals surface area contributed by atoms with Crippen LogP contribution in [0.1, 0.15) is 32.1 Å². The number of hydrogen-bond acceptors (Lipinski definition) is 2. The Hall–Kier alpha value is -0.290. The van der Waals surface area contributed by atoms with Gasteiger partial charge in [-0.3, -0.25) is 0 Å². The molecule has 0 saturated carbocycles. The molecule has 1 unspecified atom stereocenters. The molecular formula is C10H18F3NO. The number of rotatable bonds is 4. The molecule has 2 nitrogen and oxygen atoms in total. The standard InChI is InChI=1S/C10H18F3NO/c11-10(12,13)5-2-8-15-9-3-1-6-14-7-4-9/h9,14H,1-8H2. The summed E-state index contributed by atoms with van der Waals surface area (Å²) in [6, 6.07) is 0. The predicted molar refractivity (Wildman–Crippen MR) is 51.7 cm³/mol. The lowest BCUT2D eigenvalue weighted by atomic mass is 10.1. The van der Waals surface area contributed by atoms with E-state index in [0.29, 0.717) is 0 Å². The summed E-state index contributed by atoms with van der Waals surface area (Å²) < 4.78 is 40.9. The molecule has 0 aromatic rings. The van der Waals surface area contributed by atoms with Crippen LogP contribution < -0.4 is 5.32 Å². The van der Waals surface area contributed by atoms with Gasteiger partial charge in [0.25, 0.3) is 0 Å². The molecule has 15 heavy (non-hydrogen) atoms. The van der Waals surface area contributed by atoms with Crippen molar-refractivity contribution in [3.05, 3.63) is 0 Å². The molecule has 0 bridgehead atoms. The van der Waals surface area contributed by atoms with E-state index in [1.807, 2.05) is 0 Å². The molecule has 1 atom stereocenters. The van der Waals surface area contributed by atoms with Crippen molar-refractivity contribution in [2.45, 2.75) is 44.4 Å². The van der Waals surface area contributed by atoms with Crippen molar-refractivity contribution in [2.75, 3.05) is 19.7 Å². The Labute approximate surface area is 88.2 Å². The first kappa shape index (κ1) is 12.8. The molecule has 0 aromatic carbocycles. The van der Waals surface area contributed by atoms with Gasteiger partial charge in [0.05, 0.1) is 6.10 Å². The lowest BCUT2D eigenvalue weighted by molar-refractivity contribution is -0.139. The molecule has 0 spiro atoms. The minimum Gasteiger partial charge on any atom is -0.378 e. The van der Waals surface area contributed by atoms with Gasteiger partial charge in [-0.05, 0) is 38.8 Å². The highest BCUT2D eigenvalue weighted by Crippen LogP contribution is 2.21. The Morgan fingerprint density at radius 3 is 2.73 bits per heavy atom. The zero-order valence-corrected chi connectivity index (χ0v) is 8.78. The van der Waals surface area contributed by atoms with E-state index in [1.54, 1.807) is 0 Å². The first-order chi connectivity index (χ1) is 7.08. The molecule has 1 heterocycles. The first-order valence-electron chi connectivity index (χ1n) is 5.47. The molecule has 5 heteroatoms. The minimum absolute atomic E-state index is 0.0768. The Bertz CT molecular complexity index is 165.